The molecule has 0 aliphatic heterocycles. The Morgan fingerprint density at radius 1 is 1.55 bits per heavy atom. The summed E-state index contributed by atoms with van der Waals surface area (Å²) in [5, 5.41) is 4.25. The number of nitrogens with two attached hydrogens (primary N) is 1. The van der Waals surface area contributed by atoms with E-state index in [1.54, 1.807) is 18.0 Å². The lowest BCUT2D eigenvalue weighted by molar-refractivity contribution is -0.124. The number of carbonyl (C=O) groups is 1. The van der Waals surface area contributed by atoms with Crippen LogP contribution in [0.3, 0.4) is 0 Å². The van der Waals surface area contributed by atoms with Gasteiger partial charge in [0.2, 0.25) is 5.91 Å². The maximum Gasteiger partial charge on any atom is 0.237 e. The van der Waals surface area contributed by atoms with Crippen LogP contribution in [0.4, 0.5) is 0 Å². The van der Waals surface area contributed by atoms with Crippen LogP contribution in [-0.4, -0.2) is 28.2 Å². The number of halogens is 1. The number of amides is 1. The third kappa shape index (κ3) is 5.81. The third-order valence-electron chi connectivity index (χ3n) is 2.92. The molecule has 1 amide bonds. The first-order valence-corrected chi connectivity index (χ1v) is 8.43. The Bertz CT molecular complexity index is 439. The van der Waals surface area contributed by atoms with Crippen LogP contribution in [0.5, 0.6) is 0 Å². The average molecular weight is 360 g/mol. The highest BCUT2D eigenvalue weighted by Crippen LogP contribution is 2.21. The van der Waals surface area contributed by atoms with Gasteiger partial charge in [0, 0.05) is 16.7 Å². The highest BCUT2D eigenvalue weighted by molar-refractivity contribution is 9.10. The van der Waals surface area contributed by atoms with Crippen LogP contribution >= 0.6 is 27.7 Å². The molecular weight excluding hydrogens is 338 g/mol. The first-order valence-electron chi connectivity index (χ1n) is 6.65. The molecule has 0 fully saturated rings. The normalized spacial score (nSPS) is 14.2. The molecule has 1 unspecified atom stereocenters. The molecule has 1 heterocycles. The summed E-state index contributed by atoms with van der Waals surface area (Å²) in [6, 6.07) is 4.19. The van der Waals surface area contributed by atoms with Gasteiger partial charge in [-0.1, -0.05) is 0 Å². The van der Waals surface area contributed by atoms with E-state index in [2.05, 4.69) is 26.2 Å². The standard InChI is InChI=1S/C14H22BrN3OS/c1-10(2)18-14(3,13(16)19)7-4-8-20-12-6-5-11(15)9-17-12/h5-6,9-10,18H,4,7-8H2,1-3H3,(H2,16,19). The Kier molecular flexibility index (Phi) is 6.99. The fraction of sp³-hybridized carbons (Fsp3) is 0.571. The van der Waals surface area contributed by atoms with Gasteiger partial charge in [0.15, 0.2) is 0 Å². The smallest absolute Gasteiger partial charge is 0.237 e. The number of hydrogen-bond acceptors (Lipinski definition) is 4. The van der Waals surface area contributed by atoms with Gasteiger partial charge in [-0.05, 0) is 67.4 Å². The molecule has 0 saturated heterocycles. The summed E-state index contributed by atoms with van der Waals surface area (Å²) >= 11 is 5.05. The summed E-state index contributed by atoms with van der Waals surface area (Å²) in [6.45, 7) is 5.90. The van der Waals surface area contributed by atoms with E-state index in [4.69, 9.17) is 5.73 Å². The first kappa shape index (κ1) is 17.5. The maximum absolute atomic E-state index is 11.6. The minimum Gasteiger partial charge on any atom is -0.368 e. The van der Waals surface area contributed by atoms with Crippen molar-refractivity contribution in [3.05, 3.63) is 22.8 Å². The molecule has 4 nitrogen and oxygen atoms in total. The van der Waals surface area contributed by atoms with Crippen molar-refractivity contribution in [2.75, 3.05) is 5.75 Å². The van der Waals surface area contributed by atoms with E-state index >= 15 is 0 Å². The zero-order valence-corrected chi connectivity index (χ0v) is 14.6. The third-order valence-corrected chi connectivity index (χ3v) is 4.42. The minimum absolute atomic E-state index is 0.230. The number of rotatable bonds is 8. The highest BCUT2D eigenvalue weighted by atomic mass is 79.9. The number of carbonyl (C=O) groups excluding carboxylic acids is 1. The summed E-state index contributed by atoms with van der Waals surface area (Å²) < 4.78 is 0.976. The molecular formula is C14H22BrN3OS. The van der Waals surface area contributed by atoms with Crippen molar-refractivity contribution in [3.63, 3.8) is 0 Å². The molecule has 0 aliphatic rings. The predicted molar refractivity (Wildman–Crippen MR) is 87.8 cm³/mol. The van der Waals surface area contributed by atoms with E-state index in [9.17, 15) is 4.79 Å². The molecule has 0 saturated carbocycles. The SMILES string of the molecule is CC(C)NC(C)(CCCSc1ccc(Br)cn1)C(N)=O. The molecule has 1 aromatic rings. The zero-order chi connectivity index (χ0) is 15.2. The van der Waals surface area contributed by atoms with Gasteiger partial charge in [-0.3, -0.25) is 4.79 Å². The van der Waals surface area contributed by atoms with Crippen LogP contribution in [0.1, 0.15) is 33.6 Å². The van der Waals surface area contributed by atoms with E-state index in [0.717, 1.165) is 28.1 Å². The van der Waals surface area contributed by atoms with E-state index in [1.807, 2.05) is 32.9 Å². The molecule has 112 valence electrons. The Labute approximate surface area is 133 Å². The molecule has 1 aromatic heterocycles. The topological polar surface area (TPSA) is 68.0 Å². The number of pyridine rings is 1. The van der Waals surface area contributed by atoms with Gasteiger partial charge in [0.05, 0.1) is 10.6 Å². The van der Waals surface area contributed by atoms with Crippen LogP contribution in [0.15, 0.2) is 27.8 Å². The predicted octanol–water partition coefficient (Wildman–Crippen LogP) is 2.96. The van der Waals surface area contributed by atoms with E-state index in [-0.39, 0.29) is 11.9 Å². The van der Waals surface area contributed by atoms with Crippen LogP contribution in [0.2, 0.25) is 0 Å². The zero-order valence-electron chi connectivity index (χ0n) is 12.1. The Hall–Kier alpha value is -0.590. The van der Waals surface area contributed by atoms with Gasteiger partial charge in [0.25, 0.3) is 0 Å². The van der Waals surface area contributed by atoms with Gasteiger partial charge < -0.3 is 11.1 Å². The molecule has 3 N–H and O–H groups in total. The van der Waals surface area contributed by atoms with Crippen molar-refractivity contribution in [2.45, 2.75) is 50.2 Å². The molecule has 0 radical (unpaired) electrons. The maximum atomic E-state index is 11.6. The fourth-order valence-corrected chi connectivity index (χ4v) is 2.98. The van der Waals surface area contributed by atoms with Gasteiger partial charge >= 0.3 is 0 Å². The second kappa shape index (κ2) is 8.00. The average Bonchev–Trinajstić information content (AvgIpc) is 2.36. The molecule has 0 aromatic carbocycles. The van der Waals surface area contributed by atoms with Gasteiger partial charge in [-0.2, -0.15) is 0 Å². The highest BCUT2D eigenvalue weighted by Gasteiger charge is 2.30. The van der Waals surface area contributed by atoms with Gasteiger partial charge in [-0.15, -0.1) is 11.8 Å². The summed E-state index contributed by atoms with van der Waals surface area (Å²) in [6.07, 6.45) is 3.42. The fourth-order valence-electron chi connectivity index (χ4n) is 1.95. The largest absolute Gasteiger partial charge is 0.368 e. The number of nitrogens with one attached hydrogen (secondary N) is 1. The monoisotopic (exact) mass is 359 g/mol. The molecule has 0 aliphatic carbocycles. The lowest BCUT2D eigenvalue weighted by Crippen LogP contribution is -2.55. The van der Waals surface area contributed by atoms with E-state index < -0.39 is 5.54 Å². The Morgan fingerprint density at radius 3 is 2.75 bits per heavy atom. The van der Waals surface area contributed by atoms with Crippen molar-refractivity contribution in [1.82, 2.24) is 10.3 Å². The van der Waals surface area contributed by atoms with Crippen LogP contribution in [0, 0.1) is 0 Å². The molecule has 1 rings (SSSR count). The molecule has 1 atom stereocenters. The summed E-state index contributed by atoms with van der Waals surface area (Å²) in [4.78, 5) is 15.9. The second-order valence-electron chi connectivity index (χ2n) is 5.26. The van der Waals surface area contributed by atoms with Crippen molar-refractivity contribution < 1.29 is 4.79 Å². The lowest BCUT2D eigenvalue weighted by atomic mass is 9.94. The first-order chi connectivity index (χ1) is 9.33. The number of aromatic nitrogens is 1. The van der Waals surface area contributed by atoms with E-state index in [1.165, 1.54) is 0 Å². The van der Waals surface area contributed by atoms with Crippen molar-refractivity contribution >= 4 is 33.6 Å². The Morgan fingerprint density at radius 2 is 2.25 bits per heavy atom. The molecule has 0 spiro atoms. The van der Waals surface area contributed by atoms with Crippen molar-refractivity contribution in [3.8, 4) is 0 Å². The van der Waals surface area contributed by atoms with E-state index in [0.29, 0.717) is 0 Å². The number of nitrogens with zero attached hydrogens (tertiary/aromatic N) is 1. The second-order valence-corrected chi connectivity index (χ2v) is 7.29. The lowest BCUT2D eigenvalue weighted by Gasteiger charge is -2.29. The molecule has 0 bridgehead atoms. The quantitative estimate of drug-likeness (QED) is 0.553. The van der Waals surface area contributed by atoms with Crippen LogP contribution in [0.25, 0.3) is 0 Å². The van der Waals surface area contributed by atoms with Crippen molar-refractivity contribution in [1.29, 1.82) is 0 Å². The summed E-state index contributed by atoms with van der Waals surface area (Å²) in [5.41, 5.74) is 4.87. The van der Waals surface area contributed by atoms with Crippen LogP contribution < -0.4 is 11.1 Å². The number of thioether (sulfide) groups is 1. The summed E-state index contributed by atoms with van der Waals surface area (Å²) in [7, 11) is 0. The minimum atomic E-state index is -0.637. The van der Waals surface area contributed by atoms with Gasteiger partial charge in [-0.25, -0.2) is 4.98 Å². The van der Waals surface area contributed by atoms with Gasteiger partial charge in [0.1, 0.15) is 0 Å². The number of hydrogen-bond donors (Lipinski definition) is 2. The van der Waals surface area contributed by atoms with Crippen LogP contribution in [-0.2, 0) is 4.79 Å². The molecule has 20 heavy (non-hydrogen) atoms. The number of primary amides is 1. The molecule has 6 heteroatoms. The summed E-state index contributed by atoms with van der Waals surface area (Å²) in [5.74, 6) is 0.620. The Balaban J connectivity index is 2.41. The van der Waals surface area contributed by atoms with Crippen molar-refractivity contribution in [2.24, 2.45) is 5.73 Å².